The molecule has 12 heavy (non-hydrogen) atoms. The fourth-order valence-electron chi connectivity index (χ4n) is 1.06. The Kier molecular flexibility index (Phi) is 1.36. The van der Waals surface area contributed by atoms with Gasteiger partial charge in [-0.25, -0.2) is 9.98 Å². The van der Waals surface area contributed by atoms with Crippen molar-refractivity contribution in [2.45, 2.75) is 6.04 Å². The normalized spacial score (nSPS) is 24.8. The molecular formula is C7H5N3O2. The molecule has 0 saturated carbocycles. The van der Waals surface area contributed by atoms with Crippen molar-refractivity contribution >= 4 is 12.1 Å². The van der Waals surface area contributed by atoms with Gasteiger partial charge in [0.05, 0.1) is 6.21 Å². The van der Waals surface area contributed by atoms with Crippen LogP contribution in [0.3, 0.4) is 0 Å². The predicted octanol–water partition coefficient (Wildman–Crippen LogP) is 0.568. The van der Waals surface area contributed by atoms with E-state index in [1.54, 1.807) is 12.3 Å². The second-order valence-electron chi connectivity index (χ2n) is 2.44. The van der Waals surface area contributed by atoms with Crippen LogP contribution in [0.25, 0.3) is 0 Å². The molecule has 1 atom stereocenters. The quantitative estimate of drug-likeness (QED) is 0.418. The standard InChI is InChI=1S/C7H5N3O2/c11-10(12)6-3-5-1-2-8-7(5)9-4-6/h1-4,6H/t6-/m0/s1. The van der Waals surface area contributed by atoms with Crippen LogP contribution in [0, 0.1) is 10.1 Å². The van der Waals surface area contributed by atoms with Gasteiger partial charge in [-0.1, -0.05) is 0 Å². The third-order valence-corrected chi connectivity index (χ3v) is 1.65. The molecule has 0 aromatic carbocycles. The molecule has 0 amide bonds. The molecule has 0 aliphatic carbocycles. The highest BCUT2D eigenvalue weighted by atomic mass is 16.6. The van der Waals surface area contributed by atoms with Crippen molar-refractivity contribution in [3.63, 3.8) is 0 Å². The smallest absolute Gasteiger partial charge is 0.264 e. The molecule has 2 heterocycles. The second-order valence-corrected chi connectivity index (χ2v) is 2.44. The molecule has 2 rings (SSSR count). The first kappa shape index (κ1) is 6.90. The Bertz CT molecular complexity index is 352. The molecule has 5 heteroatoms. The van der Waals surface area contributed by atoms with Gasteiger partial charge < -0.3 is 0 Å². The van der Waals surface area contributed by atoms with E-state index in [2.05, 4.69) is 9.98 Å². The van der Waals surface area contributed by atoms with Crippen LogP contribution in [0.4, 0.5) is 0 Å². The second kappa shape index (κ2) is 2.37. The number of rotatable bonds is 1. The molecular weight excluding hydrogens is 158 g/mol. The molecule has 0 bridgehead atoms. The van der Waals surface area contributed by atoms with Gasteiger partial charge in [-0.3, -0.25) is 10.1 Å². The number of aliphatic imine (C=N–C) groups is 2. The van der Waals surface area contributed by atoms with Crippen LogP contribution < -0.4 is 0 Å². The Labute approximate surface area is 68.0 Å². The number of dihydropyridines is 1. The molecule has 0 fully saturated rings. The van der Waals surface area contributed by atoms with Crippen molar-refractivity contribution in [2.75, 3.05) is 0 Å². The monoisotopic (exact) mass is 163 g/mol. The lowest BCUT2D eigenvalue weighted by atomic mass is 10.1. The van der Waals surface area contributed by atoms with E-state index in [-0.39, 0.29) is 4.92 Å². The van der Waals surface area contributed by atoms with E-state index in [0.29, 0.717) is 5.84 Å². The number of fused-ring (bicyclic) bond motifs is 1. The first-order chi connectivity index (χ1) is 5.77. The van der Waals surface area contributed by atoms with Crippen LogP contribution in [0.5, 0.6) is 0 Å². The lowest BCUT2D eigenvalue weighted by molar-refractivity contribution is -0.489. The summed E-state index contributed by atoms with van der Waals surface area (Å²) >= 11 is 0. The van der Waals surface area contributed by atoms with E-state index in [1.165, 1.54) is 12.3 Å². The van der Waals surface area contributed by atoms with Crippen LogP contribution in [0.1, 0.15) is 0 Å². The fourth-order valence-corrected chi connectivity index (χ4v) is 1.06. The summed E-state index contributed by atoms with van der Waals surface area (Å²) in [5.41, 5.74) is 0.735. The van der Waals surface area contributed by atoms with Crippen molar-refractivity contribution < 1.29 is 4.92 Å². The van der Waals surface area contributed by atoms with Gasteiger partial charge in [0.1, 0.15) is 0 Å². The first-order valence-electron chi connectivity index (χ1n) is 3.41. The number of nitrogens with zero attached hydrogens (tertiary/aromatic N) is 3. The number of nitro groups is 1. The summed E-state index contributed by atoms with van der Waals surface area (Å²) in [5.74, 6) is 0.563. The van der Waals surface area contributed by atoms with E-state index >= 15 is 0 Å². The molecule has 2 aliphatic heterocycles. The van der Waals surface area contributed by atoms with Crippen LogP contribution in [0.2, 0.25) is 0 Å². The maximum absolute atomic E-state index is 10.3. The van der Waals surface area contributed by atoms with Crippen LogP contribution >= 0.6 is 0 Å². The fraction of sp³-hybridized carbons (Fsp3) is 0.143. The Hall–Kier alpha value is -1.78. The zero-order valence-electron chi connectivity index (χ0n) is 6.04. The molecule has 5 nitrogen and oxygen atoms in total. The van der Waals surface area contributed by atoms with Gasteiger partial charge in [0.15, 0.2) is 5.84 Å². The molecule has 0 radical (unpaired) electrons. The average molecular weight is 163 g/mol. The summed E-state index contributed by atoms with van der Waals surface area (Å²) in [6.07, 6.45) is 6.12. The molecule has 0 spiro atoms. The number of amidine groups is 1. The minimum Gasteiger partial charge on any atom is -0.264 e. The topological polar surface area (TPSA) is 67.9 Å². The van der Waals surface area contributed by atoms with Crippen molar-refractivity contribution in [3.8, 4) is 0 Å². The highest BCUT2D eigenvalue weighted by Crippen LogP contribution is 2.14. The van der Waals surface area contributed by atoms with Crippen molar-refractivity contribution in [2.24, 2.45) is 9.98 Å². The summed E-state index contributed by atoms with van der Waals surface area (Å²) in [6.45, 7) is 0. The van der Waals surface area contributed by atoms with Crippen LogP contribution in [-0.4, -0.2) is 23.0 Å². The van der Waals surface area contributed by atoms with Crippen molar-refractivity contribution in [3.05, 3.63) is 34.0 Å². The Balaban J connectivity index is 2.33. The largest absolute Gasteiger partial charge is 0.267 e. The van der Waals surface area contributed by atoms with Gasteiger partial charge in [-0.2, -0.15) is 0 Å². The van der Waals surface area contributed by atoms with Gasteiger partial charge in [0, 0.05) is 22.8 Å². The third kappa shape index (κ3) is 0.952. The summed E-state index contributed by atoms with van der Waals surface area (Å²) in [6, 6.07) is -0.804. The summed E-state index contributed by atoms with van der Waals surface area (Å²) in [4.78, 5) is 17.7. The first-order valence-corrected chi connectivity index (χ1v) is 3.41. The number of hydrogen-bond acceptors (Lipinski definition) is 4. The molecule has 2 aliphatic rings. The highest BCUT2D eigenvalue weighted by Gasteiger charge is 2.22. The molecule has 0 unspecified atom stereocenters. The minimum absolute atomic E-state index is 0.389. The lowest BCUT2D eigenvalue weighted by Crippen LogP contribution is -2.23. The minimum atomic E-state index is -0.804. The maximum atomic E-state index is 10.3. The Morgan fingerprint density at radius 1 is 1.58 bits per heavy atom. The van der Waals surface area contributed by atoms with Crippen molar-refractivity contribution in [1.29, 1.82) is 0 Å². The van der Waals surface area contributed by atoms with Gasteiger partial charge >= 0.3 is 0 Å². The zero-order chi connectivity index (χ0) is 8.55. The van der Waals surface area contributed by atoms with Crippen molar-refractivity contribution in [1.82, 2.24) is 0 Å². The van der Waals surface area contributed by atoms with E-state index in [4.69, 9.17) is 0 Å². The highest BCUT2D eigenvalue weighted by molar-refractivity contribution is 6.09. The molecule has 60 valence electrons. The molecule has 0 aromatic heterocycles. The molecule has 0 N–H and O–H groups in total. The molecule has 0 aromatic rings. The van der Waals surface area contributed by atoms with Crippen LogP contribution in [0.15, 0.2) is 33.9 Å². The summed E-state index contributed by atoms with van der Waals surface area (Å²) in [5, 5.41) is 10.3. The Morgan fingerprint density at radius 3 is 3.17 bits per heavy atom. The summed E-state index contributed by atoms with van der Waals surface area (Å²) < 4.78 is 0. The summed E-state index contributed by atoms with van der Waals surface area (Å²) in [7, 11) is 0. The van der Waals surface area contributed by atoms with E-state index < -0.39 is 6.04 Å². The lowest BCUT2D eigenvalue weighted by Gasteiger charge is -2.05. The van der Waals surface area contributed by atoms with E-state index in [9.17, 15) is 10.1 Å². The van der Waals surface area contributed by atoms with E-state index in [0.717, 1.165) is 5.57 Å². The van der Waals surface area contributed by atoms with Crippen LogP contribution in [-0.2, 0) is 0 Å². The van der Waals surface area contributed by atoms with Gasteiger partial charge in [-0.05, 0) is 6.08 Å². The average Bonchev–Trinajstić information content (AvgIpc) is 2.49. The predicted molar refractivity (Wildman–Crippen MR) is 43.9 cm³/mol. The SMILES string of the molecule is O=[N+]([O-])[C@@H]1C=NC2=NC=CC2=C1. The zero-order valence-corrected chi connectivity index (χ0v) is 6.04. The van der Waals surface area contributed by atoms with E-state index in [1.807, 2.05) is 0 Å². The third-order valence-electron chi connectivity index (χ3n) is 1.65. The molecule has 0 saturated heterocycles. The van der Waals surface area contributed by atoms with Gasteiger partial charge in [0.2, 0.25) is 0 Å². The Morgan fingerprint density at radius 2 is 2.42 bits per heavy atom. The van der Waals surface area contributed by atoms with Gasteiger partial charge in [0.25, 0.3) is 6.04 Å². The van der Waals surface area contributed by atoms with Gasteiger partial charge in [-0.15, -0.1) is 0 Å². The maximum Gasteiger partial charge on any atom is 0.267 e. The number of hydrogen-bond donors (Lipinski definition) is 0.